The molecule has 0 radical (unpaired) electrons. The Hall–Kier alpha value is -3.04. The molecule has 1 N–H and O–H groups in total. The van der Waals surface area contributed by atoms with Crippen molar-refractivity contribution in [2.75, 3.05) is 26.1 Å². The summed E-state index contributed by atoms with van der Waals surface area (Å²) in [5, 5.41) is 2.67. The quantitative estimate of drug-likeness (QED) is 0.739. The van der Waals surface area contributed by atoms with Crippen molar-refractivity contribution in [1.29, 1.82) is 0 Å². The number of aryl methyl sites for hydroxylation is 1. The Morgan fingerprint density at radius 1 is 1.28 bits per heavy atom. The number of anilines is 1. The van der Waals surface area contributed by atoms with E-state index in [0.29, 0.717) is 23.0 Å². The largest absolute Gasteiger partial charge is 0.467 e. The first-order valence-electron chi connectivity index (χ1n) is 7.57. The number of rotatable bonds is 6. The van der Waals surface area contributed by atoms with Crippen LogP contribution < -0.4 is 20.5 Å². The van der Waals surface area contributed by atoms with Gasteiger partial charge in [0.15, 0.2) is 5.82 Å². The molecule has 0 aliphatic rings. The maximum Gasteiger partial charge on any atom is 0.321 e. The zero-order valence-corrected chi connectivity index (χ0v) is 14.9. The predicted octanol–water partition coefficient (Wildman–Crippen LogP) is -0.564. The molecule has 10 heteroatoms. The molecule has 10 nitrogen and oxygen atoms in total. The van der Waals surface area contributed by atoms with E-state index in [9.17, 15) is 9.59 Å². The van der Waals surface area contributed by atoms with Gasteiger partial charge in [-0.15, -0.1) is 0 Å². The standard InChI is InChI=1S/C15H21N7O3/c1-9-10(2)17-8-22(13(9)24)7-12(23)16-6-11-18-14(21(3)4)20-15(19-11)25-5/h8H,6-7H2,1-5H3,(H,16,23). The van der Waals surface area contributed by atoms with E-state index >= 15 is 0 Å². The molecule has 0 aromatic carbocycles. The number of carbonyl (C=O) groups is 1. The zero-order chi connectivity index (χ0) is 18.6. The molecule has 1 amide bonds. The van der Waals surface area contributed by atoms with Gasteiger partial charge in [0.05, 0.1) is 20.0 Å². The number of aromatic nitrogens is 5. The Morgan fingerprint density at radius 3 is 2.64 bits per heavy atom. The van der Waals surface area contributed by atoms with Crippen molar-refractivity contribution in [2.45, 2.75) is 26.9 Å². The zero-order valence-electron chi connectivity index (χ0n) is 14.9. The molecule has 0 saturated carbocycles. The molecule has 0 aliphatic carbocycles. The van der Waals surface area contributed by atoms with Crippen molar-refractivity contribution in [3.8, 4) is 6.01 Å². The van der Waals surface area contributed by atoms with E-state index in [1.54, 1.807) is 32.8 Å². The van der Waals surface area contributed by atoms with Crippen molar-refractivity contribution in [2.24, 2.45) is 0 Å². The van der Waals surface area contributed by atoms with Crippen LogP contribution in [-0.4, -0.2) is 51.6 Å². The van der Waals surface area contributed by atoms with Gasteiger partial charge in [-0.25, -0.2) is 4.98 Å². The van der Waals surface area contributed by atoms with E-state index in [1.807, 2.05) is 0 Å². The van der Waals surface area contributed by atoms with E-state index in [0.717, 1.165) is 0 Å². The van der Waals surface area contributed by atoms with Gasteiger partial charge in [0.1, 0.15) is 6.54 Å². The molecule has 0 unspecified atom stereocenters. The lowest BCUT2D eigenvalue weighted by Crippen LogP contribution is -2.33. The highest BCUT2D eigenvalue weighted by molar-refractivity contribution is 5.75. The Bertz CT molecular complexity index is 832. The Kier molecular flexibility index (Phi) is 5.63. The summed E-state index contributed by atoms with van der Waals surface area (Å²) in [6.07, 6.45) is 1.36. The Balaban J connectivity index is 2.06. The van der Waals surface area contributed by atoms with Crippen LogP contribution in [0.1, 0.15) is 17.1 Å². The van der Waals surface area contributed by atoms with E-state index in [2.05, 4.69) is 25.3 Å². The number of nitrogens with one attached hydrogen (secondary N) is 1. The van der Waals surface area contributed by atoms with Gasteiger partial charge in [0.25, 0.3) is 5.56 Å². The summed E-state index contributed by atoms with van der Waals surface area (Å²) in [6.45, 7) is 3.39. The summed E-state index contributed by atoms with van der Waals surface area (Å²) in [6, 6.07) is 0.164. The lowest BCUT2D eigenvalue weighted by atomic mass is 10.3. The first kappa shape index (κ1) is 18.3. The van der Waals surface area contributed by atoms with Crippen LogP contribution in [0.15, 0.2) is 11.1 Å². The third-order valence-electron chi connectivity index (χ3n) is 3.50. The maximum atomic E-state index is 12.1. The summed E-state index contributed by atoms with van der Waals surface area (Å²) >= 11 is 0. The second kappa shape index (κ2) is 7.69. The average Bonchev–Trinajstić information content (AvgIpc) is 2.60. The first-order valence-corrected chi connectivity index (χ1v) is 7.57. The fraction of sp³-hybridized carbons (Fsp3) is 0.467. The number of hydrogen-bond acceptors (Lipinski definition) is 8. The van der Waals surface area contributed by atoms with E-state index in [-0.39, 0.29) is 30.6 Å². The van der Waals surface area contributed by atoms with Gasteiger partial charge in [-0.1, -0.05) is 0 Å². The number of carbonyl (C=O) groups excluding carboxylic acids is 1. The number of nitrogens with zero attached hydrogens (tertiary/aromatic N) is 6. The normalized spacial score (nSPS) is 10.4. The van der Waals surface area contributed by atoms with Crippen molar-refractivity contribution in [3.05, 3.63) is 33.8 Å². The van der Waals surface area contributed by atoms with Crippen LogP contribution in [0.3, 0.4) is 0 Å². The van der Waals surface area contributed by atoms with Crippen molar-refractivity contribution >= 4 is 11.9 Å². The number of hydrogen-bond donors (Lipinski definition) is 1. The predicted molar refractivity (Wildman–Crippen MR) is 90.5 cm³/mol. The van der Waals surface area contributed by atoms with E-state index in [4.69, 9.17) is 4.74 Å². The highest BCUT2D eigenvalue weighted by atomic mass is 16.5. The summed E-state index contributed by atoms with van der Waals surface area (Å²) in [7, 11) is 5.03. The van der Waals surface area contributed by atoms with Crippen LogP contribution >= 0.6 is 0 Å². The molecular weight excluding hydrogens is 326 g/mol. The SMILES string of the molecule is COc1nc(CNC(=O)Cn2cnc(C)c(C)c2=O)nc(N(C)C)n1. The van der Waals surface area contributed by atoms with Gasteiger partial charge in [0, 0.05) is 25.4 Å². The van der Waals surface area contributed by atoms with Crippen LogP contribution in [0.5, 0.6) is 6.01 Å². The number of amides is 1. The fourth-order valence-electron chi connectivity index (χ4n) is 1.93. The molecule has 2 aromatic heterocycles. The van der Waals surface area contributed by atoms with Crippen LogP contribution in [-0.2, 0) is 17.9 Å². The molecule has 25 heavy (non-hydrogen) atoms. The molecule has 0 bridgehead atoms. The van der Waals surface area contributed by atoms with Crippen LogP contribution in [0.25, 0.3) is 0 Å². The molecule has 2 aromatic rings. The number of ether oxygens (including phenoxy) is 1. The first-order chi connectivity index (χ1) is 11.8. The molecule has 0 spiro atoms. The molecule has 0 aliphatic heterocycles. The van der Waals surface area contributed by atoms with Crippen LogP contribution in [0.4, 0.5) is 5.95 Å². The molecule has 2 heterocycles. The molecule has 0 fully saturated rings. The summed E-state index contributed by atoms with van der Waals surface area (Å²) in [5.41, 5.74) is 0.933. The van der Waals surface area contributed by atoms with Crippen molar-refractivity contribution in [3.63, 3.8) is 0 Å². The van der Waals surface area contributed by atoms with Gasteiger partial charge in [-0.05, 0) is 13.8 Å². The van der Waals surface area contributed by atoms with Gasteiger partial charge in [0.2, 0.25) is 11.9 Å². The molecule has 0 saturated heterocycles. The van der Waals surface area contributed by atoms with Crippen molar-refractivity contribution < 1.29 is 9.53 Å². The highest BCUT2D eigenvalue weighted by Crippen LogP contribution is 2.09. The second-order valence-corrected chi connectivity index (χ2v) is 5.60. The minimum Gasteiger partial charge on any atom is -0.467 e. The van der Waals surface area contributed by atoms with Crippen molar-refractivity contribution in [1.82, 2.24) is 29.8 Å². The summed E-state index contributed by atoms with van der Waals surface area (Å²) < 4.78 is 6.29. The third kappa shape index (κ3) is 4.49. The Labute approximate surface area is 144 Å². The van der Waals surface area contributed by atoms with Gasteiger partial charge < -0.3 is 15.0 Å². The van der Waals surface area contributed by atoms with Gasteiger partial charge in [-0.2, -0.15) is 15.0 Å². The lowest BCUT2D eigenvalue weighted by molar-refractivity contribution is -0.121. The summed E-state index contributed by atoms with van der Waals surface area (Å²) in [5.74, 6) is 0.429. The lowest BCUT2D eigenvalue weighted by Gasteiger charge is -2.12. The fourth-order valence-corrected chi connectivity index (χ4v) is 1.93. The topological polar surface area (TPSA) is 115 Å². The molecular formula is C15H21N7O3. The van der Waals surface area contributed by atoms with Gasteiger partial charge in [-0.3, -0.25) is 14.2 Å². The van der Waals surface area contributed by atoms with Crippen LogP contribution in [0.2, 0.25) is 0 Å². The average molecular weight is 347 g/mol. The smallest absolute Gasteiger partial charge is 0.321 e. The summed E-state index contributed by atoms with van der Waals surface area (Å²) in [4.78, 5) is 42.4. The molecule has 2 rings (SSSR count). The van der Waals surface area contributed by atoms with E-state index in [1.165, 1.54) is 18.0 Å². The highest BCUT2D eigenvalue weighted by Gasteiger charge is 2.11. The van der Waals surface area contributed by atoms with E-state index < -0.39 is 0 Å². The molecule has 0 atom stereocenters. The number of methoxy groups -OCH3 is 1. The Morgan fingerprint density at radius 2 is 2.00 bits per heavy atom. The molecule has 134 valence electrons. The second-order valence-electron chi connectivity index (χ2n) is 5.60. The van der Waals surface area contributed by atoms with Gasteiger partial charge >= 0.3 is 6.01 Å². The minimum atomic E-state index is -0.349. The minimum absolute atomic E-state index is 0.0889. The monoisotopic (exact) mass is 347 g/mol. The maximum absolute atomic E-state index is 12.1. The van der Waals surface area contributed by atoms with Crippen LogP contribution in [0, 0.1) is 13.8 Å². The third-order valence-corrected chi connectivity index (χ3v) is 3.50.